The molecule has 0 fully saturated rings. The van der Waals surface area contributed by atoms with Crippen molar-refractivity contribution in [3.8, 4) is 5.69 Å². The Kier molecular flexibility index (Phi) is 3.94. The fourth-order valence-corrected chi connectivity index (χ4v) is 2.25. The van der Waals surface area contributed by atoms with Crippen LogP contribution in [0.2, 0.25) is 0 Å². The highest BCUT2D eigenvalue weighted by molar-refractivity contribution is 9.10. The third kappa shape index (κ3) is 2.60. The minimum absolute atomic E-state index is 0.0832. The fourth-order valence-electron chi connectivity index (χ4n) is 2.02. The molecule has 5 nitrogen and oxygen atoms in total. The van der Waals surface area contributed by atoms with E-state index in [4.69, 9.17) is 5.11 Å². The van der Waals surface area contributed by atoms with Crippen LogP contribution in [-0.4, -0.2) is 25.8 Å². The molecule has 6 heteroatoms. The van der Waals surface area contributed by atoms with Crippen molar-refractivity contribution in [2.45, 2.75) is 33.6 Å². The third-order valence-corrected chi connectivity index (χ3v) is 4.26. The van der Waals surface area contributed by atoms with Gasteiger partial charge in [0.1, 0.15) is 5.82 Å². The number of halogens is 1. The normalized spacial score (nSPS) is 11.1. The van der Waals surface area contributed by atoms with E-state index in [0.717, 1.165) is 21.3 Å². The SMILES string of the molecule is Cc1cc(-n2nc(C(=O)O)nc2C(C)C)cc(C)c1Br. The quantitative estimate of drug-likeness (QED) is 0.930. The lowest BCUT2D eigenvalue weighted by Gasteiger charge is -2.11. The van der Waals surface area contributed by atoms with Gasteiger partial charge in [0, 0.05) is 10.4 Å². The molecule has 0 saturated carbocycles. The Balaban J connectivity index is 2.65. The fraction of sp³-hybridized carbons (Fsp3) is 0.357. The summed E-state index contributed by atoms with van der Waals surface area (Å²) < 4.78 is 2.66. The van der Waals surface area contributed by atoms with E-state index in [9.17, 15) is 4.79 Å². The summed E-state index contributed by atoms with van der Waals surface area (Å²) >= 11 is 3.52. The Hall–Kier alpha value is -1.69. The maximum absolute atomic E-state index is 11.1. The Bertz CT molecular complexity index is 654. The lowest BCUT2D eigenvalue weighted by molar-refractivity contribution is 0.0683. The Morgan fingerprint density at radius 2 is 1.85 bits per heavy atom. The summed E-state index contributed by atoms with van der Waals surface area (Å²) in [4.78, 5) is 15.2. The van der Waals surface area contributed by atoms with Crippen molar-refractivity contribution in [3.05, 3.63) is 39.4 Å². The number of rotatable bonds is 3. The van der Waals surface area contributed by atoms with Gasteiger partial charge >= 0.3 is 5.97 Å². The molecule has 2 aromatic rings. The molecule has 0 aliphatic carbocycles. The summed E-state index contributed by atoms with van der Waals surface area (Å²) in [6.45, 7) is 7.91. The number of aromatic nitrogens is 3. The maximum Gasteiger partial charge on any atom is 0.375 e. The summed E-state index contributed by atoms with van der Waals surface area (Å²) in [7, 11) is 0. The van der Waals surface area contributed by atoms with E-state index in [1.165, 1.54) is 0 Å². The second-order valence-electron chi connectivity index (χ2n) is 5.06. The molecule has 0 spiro atoms. The lowest BCUT2D eigenvalue weighted by Crippen LogP contribution is -2.06. The summed E-state index contributed by atoms with van der Waals surface area (Å²) in [6, 6.07) is 3.92. The summed E-state index contributed by atoms with van der Waals surface area (Å²) in [5.74, 6) is -0.563. The largest absolute Gasteiger partial charge is 0.475 e. The number of benzene rings is 1. The summed E-state index contributed by atoms with van der Waals surface area (Å²) in [6.07, 6.45) is 0. The lowest BCUT2D eigenvalue weighted by atomic mass is 10.1. The van der Waals surface area contributed by atoms with Crippen LogP contribution in [0.4, 0.5) is 0 Å². The first kappa shape index (κ1) is 14.7. The van der Waals surface area contributed by atoms with E-state index in [0.29, 0.717) is 5.82 Å². The van der Waals surface area contributed by atoms with Gasteiger partial charge < -0.3 is 5.11 Å². The van der Waals surface area contributed by atoms with Crippen molar-refractivity contribution in [3.63, 3.8) is 0 Å². The van der Waals surface area contributed by atoms with Gasteiger partial charge in [-0.25, -0.2) is 14.5 Å². The highest BCUT2D eigenvalue weighted by Gasteiger charge is 2.19. The number of carboxylic acid groups (broad SMARTS) is 1. The van der Waals surface area contributed by atoms with Crippen molar-refractivity contribution >= 4 is 21.9 Å². The van der Waals surface area contributed by atoms with Crippen molar-refractivity contribution in [1.82, 2.24) is 14.8 Å². The highest BCUT2D eigenvalue weighted by Crippen LogP contribution is 2.26. The Labute approximate surface area is 125 Å². The minimum Gasteiger partial charge on any atom is -0.475 e. The van der Waals surface area contributed by atoms with Crippen LogP contribution in [0.15, 0.2) is 16.6 Å². The molecule has 2 rings (SSSR count). The summed E-state index contributed by atoms with van der Waals surface area (Å²) in [5.41, 5.74) is 2.97. The number of carboxylic acids is 1. The van der Waals surface area contributed by atoms with Crippen LogP contribution in [0.5, 0.6) is 0 Å². The van der Waals surface area contributed by atoms with Crippen LogP contribution >= 0.6 is 15.9 Å². The van der Waals surface area contributed by atoms with Gasteiger partial charge in [0.15, 0.2) is 0 Å². The summed E-state index contributed by atoms with van der Waals surface area (Å²) in [5, 5.41) is 13.2. The van der Waals surface area contributed by atoms with Crippen molar-refractivity contribution in [1.29, 1.82) is 0 Å². The van der Waals surface area contributed by atoms with Crippen molar-refractivity contribution < 1.29 is 9.90 Å². The van der Waals surface area contributed by atoms with Crippen molar-refractivity contribution in [2.75, 3.05) is 0 Å². The number of nitrogens with zero attached hydrogens (tertiary/aromatic N) is 3. The molecule has 0 bridgehead atoms. The number of hydrogen-bond donors (Lipinski definition) is 1. The van der Waals surface area contributed by atoms with Gasteiger partial charge in [-0.2, -0.15) is 0 Å². The molecule has 0 atom stereocenters. The molecule has 1 aromatic heterocycles. The van der Waals surface area contributed by atoms with Gasteiger partial charge in [-0.15, -0.1) is 5.10 Å². The highest BCUT2D eigenvalue weighted by atomic mass is 79.9. The molecular weight excluding hydrogens is 322 g/mol. The molecule has 106 valence electrons. The molecular formula is C14H16BrN3O2. The van der Waals surface area contributed by atoms with Crippen LogP contribution in [-0.2, 0) is 0 Å². The van der Waals surface area contributed by atoms with Crippen molar-refractivity contribution in [2.24, 2.45) is 0 Å². The molecule has 0 radical (unpaired) electrons. The number of hydrogen-bond acceptors (Lipinski definition) is 3. The van der Waals surface area contributed by atoms with E-state index in [-0.39, 0.29) is 11.7 Å². The standard InChI is InChI=1S/C14H16BrN3O2/c1-7(2)13-16-12(14(19)20)17-18(13)10-5-8(3)11(15)9(4)6-10/h5-7H,1-4H3,(H,19,20). The van der Waals surface area contributed by atoms with Gasteiger partial charge in [0.05, 0.1) is 5.69 Å². The molecule has 0 unspecified atom stereocenters. The average Bonchev–Trinajstić information content (AvgIpc) is 2.80. The number of carbonyl (C=O) groups is 1. The third-order valence-electron chi connectivity index (χ3n) is 3.01. The van der Waals surface area contributed by atoms with Crippen LogP contribution in [0.25, 0.3) is 5.69 Å². The molecule has 1 heterocycles. The maximum atomic E-state index is 11.1. The zero-order chi connectivity index (χ0) is 15.0. The molecule has 0 aliphatic rings. The van der Waals surface area contributed by atoms with Gasteiger partial charge in [0.25, 0.3) is 5.82 Å². The van der Waals surface area contributed by atoms with Gasteiger partial charge in [-0.1, -0.05) is 29.8 Å². The second kappa shape index (κ2) is 5.36. The molecule has 1 aromatic carbocycles. The molecule has 1 N–H and O–H groups in total. The first-order chi connectivity index (χ1) is 9.31. The van der Waals surface area contributed by atoms with E-state index in [1.54, 1.807) is 4.68 Å². The predicted molar refractivity (Wildman–Crippen MR) is 79.6 cm³/mol. The smallest absolute Gasteiger partial charge is 0.375 e. The Morgan fingerprint density at radius 3 is 2.30 bits per heavy atom. The molecule has 20 heavy (non-hydrogen) atoms. The minimum atomic E-state index is -1.11. The first-order valence-electron chi connectivity index (χ1n) is 6.28. The topological polar surface area (TPSA) is 68.0 Å². The van der Waals surface area contributed by atoms with E-state index >= 15 is 0 Å². The van der Waals surface area contributed by atoms with E-state index in [1.807, 2.05) is 39.8 Å². The molecule has 0 amide bonds. The van der Waals surface area contributed by atoms with Crippen LogP contribution < -0.4 is 0 Å². The van der Waals surface area contributed by atoms with Gasteiger partial charge in [-0.05, 0) is 37.1 Å². The number of aromatic carboxylic acids is 1. The average molecular weight is 338 g/mol. The Morgan fingerprint density at radius 1 is 1.30 bits per heavy atom. The second-order valence-corrected chi connectivity index (χ2v) is 5.85. The van der Waals surface area contributed by atoms with Crippen LogP contribution in [0.1, 0.15) is 47.3 Å². The predicted octanol–water partition coefficient (Wildman–Crippen LogP) is 3.47. The zero-order valence-corrected chi connectivity index (χ0v) is 13.4. The van der Waals surface area contributed by atoms with Crippen LogP contribution in [0, 0.1) is 13.8 Å². The van der Waals surface area contributed by atoms with Crippen LogP contribution in [0.3, 0.4) is 0 Å². The molecule has 0 saturated heterocycles. The van der Waals surface area contributed by atoms with Gasteiger partial charge in [-0.3, -0.25) is 0 Å². The molecule has 0 aliphatic heterocycles. The van der Waals surface area contributed by atoms with E-state index < -0.39 is 5.97 Å². The van der Waals surface area contributed by atoms with Gasteiger partial charge in [0.2, 0.25) is 0 Å². The van der Waals surface area contributed by atoms with E-state index in [2.05, 4.69) is 26.0 Å². The number of aryl methyl sites for hydroxylation is 2. The zero-order valence-electron chi connectivity index (χ0n) is 11.8. The monoisotopic (exact) mass is 337 g/mol. The first-order valence-corrected chi connectivity index (χ1v) is 7.08.